The third kappa shape index (κ3) is 3.12. The molecule has 4 heteroatoms. The molecule has 2 atom stereocenters. The van der Waals surface area contributed by atoms with E-state index in [4.69, 9.17) is 28.2 Å². The molecule has 20 heavy (non-hydrogen) atoms. The molecule has 0 aliphatic carbocycles. The van der Waals surface area contributed by atoms with Crippen LogP contribution in [0.3, 0.4) is 0 Å². The van der Waals surface area contributed by atoms with Gasteiger partial charge in [-0.1, -0.05) is 37.9 Å². The summed E-state index contributed by atoms with van der Waals surface area (Å²) in [4.78, 5) is 4.71. The van der Waals surface area contributed by atoms with E-state index < -0.39 is 0 Å². The molecule has 1 aromatic heterocycles. The summed E-state index contributed by atoms with van der Waals surface area (Å²) in [5.74, 6) is 2.31. The lowest BCUT2D eigenvalue weighted by molar-refractivity contribution is 0.397. The van der Waals surface area contributed by atoms with Gasteiger partial charge in [-0.15, -0.1) is 11.6 Å². The maximum absolute atomic E-state index is 6.40. The van der Waals surface area contributed by atoms with Crippen molar-refractivity contribution in [3.05, 3.63) is 29.0 Å². The first-order valence-corrected chi connectivity index (χ1v) is 8.21. The molecular formula is C16H22Cl2N2. The second-order valence-corrected chi connectivity index (χ2v) is 6.33. The van der Waals surface area contributed by atoms with Crippen molar-refractivity contribution >= 4 is 34.2 Å². The van der Waals surface area contributed by atoms with Gasteiger partial charge in [0.15, 0.2) is 0 Å². The number of aromatic nitrogens is 2. The van der Waals surface area contributed by atoms with E-state index in [-0.39, 0.29) is 0 Å². The highest BCUT2D eigenvalue weighted by molar-refractivity contribution is 6.35. The smallest absolute Gasteiger partial charge is 0.111 e. The molecule has 0 radical (unpaired) electrons. The number of hydrogen-bond donors (Lipinski definition) is 0. The van der Waals surface area contributed by atoms with Crippen molar-refractivity contribution < 1.29 is 0 Å². The standard InChI is InChI=1S/C16H22Cl2N2/c1-4-11(2)10-12(3)20-15(8-9-17)19-14-7-5-6-13(18)16(14)20/h5-7,11-12H,4,8-10H2,1-3H3. The highest BCUT2D eigenvalue weighted by Crippen LogP contribution is 2.31. The lowest BCUT2D eigenvalue weighted by Gasteiger charge is -2.21. The Hall–Kier alpha value is -0.730. The van der Waals surface area contributed by atoms with E-state index >= 15 is 0 Å². The van der Waals surface area contributed by atoms with Crippen LogP contribution < -0.4 is 0 Å². The van der Waals surface area contributed by atoms with Crippen LogP contribution in [0.25, 0.3) is 11.0 Å². The Labute approximate surface area is 131 Å². The van der Waals surface area contributed by atoms with Gasteiger partial charge in [0.1, 0.15) is 5.82 Å². The van der Waals surface area contributed by atoms with Crippen LogP contribution in [0.5, 0.6) is 0 Å². The summed E-state index contributed by atoms with van der Waals surface area (Å²) in [6.07, 6.45) is 3.09. The largest absolute Gasteiger partial charge is 0.324 e. The van der Waals surface area contributed by atoms with Crippen LogP contribution in [0.15, 0.2) is 18.2 Å². The molecule has 1 heterocycles. The average molecular weight is 313 g/mol. The zero-order valence-corrected chi connectivity index (χ0v) is 13.9. The number of fused-ring (bicyclic) bond motifs is 1. The van der Waals surface area contributed by atoms with Gasteiger partial charge in [-0.05, 0) is 31.4 Å². The summed E-state index contributed by atoms with van der Waals surface area (Å²) in [6.45, 7) is 6.77. The van der Waals surface area contributed by atoms with Gasteiger partial charge < -0.3 is 4.57 Å². The van der Waals surface area contributed by atoms with Gasteiger partial charge in [0.25, 0.3) is 0 Å². The Morgan fingerprint density at radius 2 is 2.05 bits per heavy atom. The Balaban J connectivity index is 2.50. The van der Waals surface area contributed by atoms with E-state index in [0.29, 0.717) is 17.8 Å². The molecule has 2 nitrogen and oxygen atoms in total. The molecule has 110 valence electrons. The monoisotopic (exact) mass is 312 g/mol. The van der Waals surface area contributed by atoms with E-state index in [1.807, 2.05) is 18.2 Å². The van der Waals surface area contributed by atoms with Crippen LogP contribution in [-0.4, -0.2) is 15.4 Å². The molecule has 0 amide bonds. The lowest BCUT2D eigenvalue weighted by Crippen LogP contribution is -2.13. The number of para-hydroxylation sites is 1. The van der Waals surface area contributed by atoms with Gasteiger partial charge >= 0.3 is 0 Å². The SMILES string of the molecule is CCC(C)CC(C)n1c(CCCl)nc2cccc(Cl)c21. The molecule has 2 rings (SSSR count). The minimum Gasteiger partial charge on any atom is -0.324 e. The highest BCUT2D eigenvalue weighted by atomic mass is 35.5. The minimum atomic E-state index is 0.382. The summed E-state index contributed by atoms with van der Waals surface area (Å²) in [5, 5.41) is 0.770. The van der Waals surface area contributed by atoms with E-state index in [0.717, 1.165) is 34.7 Å². The van der Waals surface area contributed by atoms with Crippen molar-refractivity contribution in [1.82, 2.24) is 9.55 Å². The van der Waals surface area contributed by atoms with Gasteiger partial charge in [0, 0.05) is 18.3 Å². The number of rotatable bonds is 6. The maximum atomic E-state index is 6.40. The summed E-state index contributed by atoms with van der Waals surface area (Å²) < 4.78 is 2.28. The number of alkyl halides is 1. The first kappa shape index (κ1) is 15.7. The van der Waals surface area contributed by atoms with Gasteiger partial charge in [0.2, 0.25) is 0 Å². The second kappa shape index (κ2) is 6.82. The average Bonchev–Trinajstić information content (AvgIpc) is 2.78. The fourth-order valence-corrected chi connectivity index (χ4v) is 3.17. The Bertz CT molecular complexity index is 577. The van der Waals surface area contributed by atoms with Crippen LogP contribution in [0, 0.1) is 5.92 Å². The Morgan fingerprint density at radius 3 is 2.70 bits per heavy atom. The number of benzene rings is 1. The lowest BCUT2D eigenvalue weighted by atomic mass is 10.00. The quantitative estimate of drug-likeness (QED) is 0.647. The fourth-order valence-electron chi connectivity index (χ4n) is 2.74. The zero-order valence-electron chi connectivity index (χ0n) is 12.4. The molecule has 0 saturated carbocycles. The highest BCUT2D eigenvalue weighted by Gasteiger charge is 2.18. The van der Waals surface area contributed by atoms with E-state index in [9.17, 15) is 0 Å². The molecule has 0 fully saturated rings. The Morgan fingerprint density at radius 1 is 1.30 bits per heavy atom. The van der Waals surface area contributed by atoms with E-state index in [1.54, 1.807) is 0 Å². The number of nitrogens with zero attached hydrogens (tertiary/aromatic N) is 2. The molecule has 1 aromatic carbocycles. The molecule has 0 bridgehead atoms. The summed E-state index contributed by atoms with van der Waals surface area (Å²) in [6, 6.07) is 6.28. The molecule has 2 unspecified atom stereocenters. The maximum Gasteiger partial charge on any atom is 0.111 e. The molecule has 2 aromatic rings. The van der Waals surface area contributed by atoms with Gasteiger partial charge in [0.05, 0.1) is 16.1 Å². The Kier molecular flexibility index (Phi) is 5.34. The van der Waals surface area contributed by atoms with Crippen molar-refractivity contribution in [3.63, 3.8) is 0 Å². The summed E-state index contributed by atoms with van der Waals surface area (Å²) in [7, 11) is 0. The summed E-state index contributed by atoms with van der Waals surface area (Å²) >= 11 is 12.3. The normalized spacial score (nSPS) is 14.7. The van der Waals surface area contributed by atoms with E-state index in [2.05, 4.69) is 25.3 Å². The van der Waals surface area contributed by atoms with Gasteiger partial charge in [-0.2, -0.15) is 0 Å². The predicted octanol–water partition coefficient (Wildman–Crippen LogP) is 5.47. The van der Waals surface area contributed by atoms with Crippen LogP contribution in [0.2, 0.25) is 5.02 Å². The van der Waals surface area contributed by atoms with Crippen LogP contribution >= 0.6 is 23.2 Å². The topological polar surface area (TPSA) is 17.8 Å². The number of aryl methyl sites for hydroxylation is 1. The molecule has 0 aliphatic rings. The van der Waals surface area contributed by atoms with Crippen molar-refractivity contribution in [3.8, 4) is 0 Å². The first-order chi connectivity index (χ1) is 9.58. The van der Waals surface area contributed by atoms with E-state index in [1.165, 1.54) is 6.42 Å². The predicted molar refractivity (Wildman–Crippen MR) is 88.0 cm³/mol. The minimum absolute atomic E-state index is 0.382. The number of imidazole rings is 1. The molecule has 0 aliphatic heterocycles. The molecular weight excluding hydrogens is 291 g/mol. The van der Waals surface area contributed by atoms with Crippen molar-refractivity contribution in [1.29, 1.82) is 0 Å². The van der Waals surface area contributed by atoms with Crippen molar-refractivity contribution in [2.45, 2.75) is 46.1 Å². The molecule has 0 spiro atoms. The molecule has 0 saturated heterocycles. The summed E-state index contributed by atoms with van der Waals surface area (Å²) in [5.41, 5.74) is 2.01. The van der Waals surface area contributed by atoms with Crippen LogP contribution in [-0.2, 0) is 6.42 Å². The third-order valence-electron chi connectivity index (χ3n) is 3.93. The fraction of sp³-hybridized carbons (Fsp3) is 0.562. The van der Waals surface area contributed by atoms with Crippen molar-refractivity contribution in [2.75, 3.05) is 5.88 Å². The van der Waals surface area contributed by atoms with Crippen LogP contribution in [0.1, 0.15) is 45.5 Å². The van der Waals surface area contributed by atoms with Crippen LogP contribution in [0.4, 0.5) is 0 Å². The second-order valence-electron chi connectivity index (χ2n) is 5.54. The first-order valence-electron chi connectivity index (χ1n) is 7.29. The van der Waals surface area contributed by atoms with Gasteiger partial charge in [-0.3, -0.25) is 0 Å². The number of hydrogen-bond acceptors (Lipinski definition) is 1. The molecule has 0 N–H and O–H groups in total. The zero-order chi connectivity index (χ0) is 14.7. The van der Waals surface area contributed by atoms with Crippen molar-refractivity contribution in [2.24, 2.45) is 5.92 Å². The third-order valence-corrected chi connectivity index (χ3v) is 4.43. The van der Waals surface area contributed by atoms with Gasteiger partial charge in [-0.25, -0.2) is 4.98 Å². The number of halogens is 2.